The lowest BCUT2D eigenvalue weighted by atomic mass is 9.87. The molecule has 0 aliphatic rings. The minimum atomic E-state index is -0.206. The van der Waals surface area contributed by atoms with Crippen LogP contribution in [-0.2, 0) is 5.41 Å². The lowest BCUT2D eigenvalue weighted by Gasteiger charge is -2.19. The molecule has 0 radical (unpaired) electrons. The highest BCUT2D eigenvalue weighted by Gasteiger charge is 2.15. The zero-order valence-corrected chi connectivity index (χ0v) is 17.7. The van der Waals surface area contributed by atoms with Crippen molar-refractivity contribution in [1.29, 1.82) is 0 Å². The van der Waals surface area contributed by atoms with Crippen LogP contribution >= 0.6 is 11.3 Å². The molecule has 150 valence electrons. The van der Waals surface area contributed by atoms with Crippen molar-refractivity contribution in [2.45, 2.75) is 26.2 Å². The lowest BCUT2D eigenvalue weighted by Crippen LogP contribution is -2.15. The number of nitrogens with one attached hydrogen (secondary N) is 2. The molecule has 6 heteroatoms. The fourth-order valence-corrected chi connectivity index (χ4v) is 3.41. The molecule has 2 N–H and O–H groups in total. The fraction of sp³-hybridized carbons (Fsp3) is 0.217. The summed E-state index contributed by atoms with van der Waals surface area (Å²) < 4.78 is 5.38. The number of ether oxygens (including phenoxy) is 1. The van der Waals surface area contributed by atoms with Crippen LogP contribution in [0.5, 0.6) is 5.75 Å². The zero-order valence-electron chi connectivity index (χ0n) is 16.9. The van der Waals surface area contributed by atoms with E-state index in [4.69, 9.17) is 4.74 Å². The lowest BCUT2D eigenvalue weighted by molar-refractivity contribution is 0.102. The Morgan fingerprint density at radius 1 is 0.931 bits per heavy atom. The second kappa shape index (κ2) is 8.49. The van der Waals surface area contributed by atoms with Crippen LogP contribution in [0.25, 0.3) is 0 Å². The van der Waals surface area contributed by atoms with E-state index in [1.54, 1.807) is 24.3 Å². The van der Waals surface area contributed by atoms with Crippen LogP contribution in [0.4, 0.5) is 11.4 Å². The largest absolute Gasteiger partial charge is 0.494 e. The van der Waals surface area contributed by atoms with Crippen LogP contribution in [0.3, 0.4) is 0 Å². The Bertz CT molecular complexity index is 1000. The monoisotopic (exact) mass is 408 g/mol. The first kappa shape index (κ1) is 20.6. The van der Waals surface area contributed by atoms with Crippen LogP contribution in [-0.4, -0.2) is 18.9 Å². The Morgan fingerprint density at radius 3 is 2.24 bits per heavy atom. The molecule has 1 aromatic heterocycles. The maximum absolute atomic E-state index is 12.6. The number of carbonyl (C=O) groups excluding carboxylic acids is 2. The number of carbonyl (C=O) groups is 2. The Hall–Kier alpha value is -3.12. The van der Waals surface area contributed by atoms with Gasteiger partial charge in [0.1, 0.15) is 5.75 Å². The number of benzene rings is 2. The molecule has 0 saturated heterocycles. The van der Waals surface area contributed by atoms with Gasteiger partial charge in [0.15, 0.2) is 0 Å². The minimum Gasteiger partial charge on any atom is -0.494 e. The third kappa shape index (κ3) is 5.03. The normalized spacial score (nSPS) is 11.0. The van der Waals surface area contributed by atoms with Gasteiger partial charge < -0.3 is 15.4 Å². The summed E-state index contributed by atoms with van der Waals surface area (Å²) in [7, 11) is 1.52. The highest BCUT2D eigenvalue weighted by molar-refractivity contribution is 7.12. The SMILES string of the molecule is COc1cc(NC(=O)c2ccc(C(C)(C)C)cc2)ccc1NC(=O)c1cccs1. The second-order valence-electron chi connectivity index (χ2n) is 7.63. The number of hydrogen-bond donors (Lipinski definition) is 2. The molecular formula is C23H24N2O3S. The van der Waals surface area contributed by atoms with Crippen molar-refractivity contribution in [3.8, 4) is 5.75 Å². The van der Waals surface area contributed by atoms with Crippen molar-refractivity contribution < 1.29 is 14.3 Å². The molecule has 5 nitrogen and oxygen atoms in total. The Labute approximate surface area is 174 Å². The van der Waals surface area contributed by atoms with E-state index >= 15 is 0 Å². The smallest absolute Gasteiger partial charge is 0.265 e. The van der Waals surface area contributed by atoms with Gasteiger partial charge >= 0.3 is 0 Å². The van der Waals surface area contributed by atoms with E-state index in [-0.39, 0.29) is 17.2 Å². The zero-order chi connectivity index (χ0) is 21.0. The quantitative estimate of drug-likeness (QED) is 0.581. The van der Waals surface area contributed by atoms with Crippen molar-refractivity contribution in [2.24, 2.45) is 0 Å². The summed E-state index contributed by atoms with van der Waals surface area (Å²) in [6.45, 7) is 6.40. The van der Waals surface area contributed by atoms with Gasteiger partial charge in [0.2, 0.25) is 0 Å². The van der Waals surface area contributed by atoms with Gasteiger partial charge in [0.05, 0.1) is 17.7 Å². The van der Waals surface area contributed by atoms with Crippen LogP contribution in [0.15, 0.2) is 60.0 Å². The maximum Gasteiger partial charge on any atom is 0.265 e. The van der Waals surface area contributed by atoms with E-state index in [9.17, 15) is 9.59 Å². The van der Waals surface area contributed by atoms with E-state index in [1.807, 2.05) is 35.7 Å². The van der Waals surface area contributed by atoms with E-state index in [1.165, 1.54) is 24.0 Å². The highest BCUT2D eigenvalue weighted by Crippen LogP contribution is 2.29. The van der Waals surface area contributed by atoms with E-state index in [0.717, 1.165) is 0 Å². The summed E-state index contributed by atoms with van der Waals surface area (Å²) in [6.07, 6.45) is 0. The Morgan fingerprint density at radius 2 is 1.66 bits per heavy atom. The van der Waals surface area contributed by atoms with Gasteiger partial charge in [-0.3, -0.25) is 9.59 Å². The fourth-order valence-electron chi connectivity index (χ4n) is 2.79. The minimum absolute atomic E-state index is 0.0335. The molecule has 2 aromatic carbocycles. The van der Waals surface area contributed by atoms with Crippen molar-refractivity contribution in [2.75, 3.05) is 17.7 Å². The van der Waals surface area contributed by atoms with Crippen LogP contribution in [0.1, 0.15) is 46.4 Å². The Balaban J connectivity index is 1.72. The first-order chi connectivity index (χ1) is 13.8. The molecule has 0 saturated carbocycles. The number of thiophene rings is 1. The topological polar surface area (TPSA) is 67.4 Å². The van der Waals surface area contributed by atoms with Gasteiger partial charge in [-0.25, -0.2) is 0 Å². The number of anilines is 2. The van der Waals surface area contributed by atoms with Crippen LogP contribution < -0.4 is 15.4 Å². The van der Waals surface area contributed by atoms with Gasteiger partial charge in [-0.1, -0.05) is 39.0 Å². The molecule has 2 amide bonds. The first-order valence-electron chi connectivity index (χ1n) is 9.23. The third-order valence-corrected chi connectivity index (χ3v) is 5.33. The average Bonchev–Trinajstić information content (AvgIpc) is 3.23. The summed E-state index contributed by atoms with van der Waals surface area (Å²) in [6, 6.07) is 16.3. The van der Waals surface area contributed by atoms with Gasteiger partial charge in [-0.2, -0.15) is 0 Å². The van der Waals surface area contributed by atoms with Crippen molar-refractivity contribution in [1.82, 2.24) is 0 Å². The van der Waals surface area contributed by atoms with Crippen LogP contribution in [0.2, 0.25) is 0 Å². The van der Waals surface area contributed by atoms with E-state index < -0.39 is 0 Å². The number of amides is 2. The summed E-state index contributed by atoms with van der Waals surface area (Å²) in [5.74, 6) is 0.0627. The highest BCUT2D eigenvalue weighted by atomic mass is 32.1. The predicted octanol–water partition coefficient (Wildman–Crippen LogP) is 5.56. The van der Waals surface area contributed by atoms with E-state index in [2.05, 4.69) is 31.4 Å². The number of hydrogen-bond acceptors (Lipinski definition) is 4. The molecule has 0 atom stereocenters. The second-order valence-corrected chi connectivity index (χ2v) is 8.58. The molecule has 29 heavy (non-hydrogen) atoms. The molecule has 0 aliphatic carbocycles. The molecule has 1 heterocycles. The standard InChI is InChI=1S/C23H24N2O3S/c1-23(2,3)16-9-7-15(8-10-16)21(26)24-17-11-12-18(19(14-17)28-4)25-22(27)20-6-5-13-29-20/h5-14H,1-4H3,(H,24,26)(H,25,27). The number of rotatable bonds is 5. The summed E-state index contributed by atoms with van der Waals surface area (Å²) in [5, 5.41) is 7.55. The summed E-state index contributed by atoms with van der Waals surface area (Å²) in [4.78, 5) is 25.4. The molecule has 0 unspecified atom stereocenters. The molecule has 0 aliphatic heterocycles. The van der Waals surface area contributed by atoms with Gasteiger partial charge in [0.25, 0.3) is 11.8 Å². The molecule has 3 aromatic rings. The first-order valence-corrected chi connectivity index (χ1v) is 10.1. The average molecular weight is 409 g/mol. The molecule has 0 fully saturated rings. The van der Waals surface area contributed by atoms with Crippen LogP contribution in [0, 0.1) is 0 Å². The van der Waals surface area contributed by atoms with E-state index in [0.29, 0.717) is 27.6 Å². The van der Waals surface area contributed by atoms with Gasteiger partial charge in [-0.15, -0.1) is 11.3 Å². The molecule has 0 bridgehead atoms. The molecule has 3 rings (SSSR count). The summed E-state index contributed by atoms with van der Waals surface area (Å²) in [5.41, 5.74) is 2.90. The van der Waals surface area contributed by atoms with Gasteiger partial charge in [0, 0.05) is 17.3 Å². The predicted molar refractivity (Wildman–Crippen MR) is 118 cm³/mol. The Kier molecular flexibility index (Phi) is 6.03. The molecule has 0 spiro atoms. The molecular weight excluding hydrogens is 384 g/mol. The van der Waals surface area contributed by atoms with Crippen molar-refractivity contribution in [3.05, 3.63) is 76.0 Å². The van der Waals surface area contributed by atoms with Crippen molar-refractivity contribution >= 4 is 34.5 Å². The maximum atomic E-state index is 12.6. The summed E-state index contributed by atoms with van der Waals surface area (Å²) >= 11 is 1.37. The van der Waals surface area contributed by atoms with Crippen molar-refractivity contribution in [3.63, 3.8) is 0 Å². The third-order valence-electron chi connectivity index (χ3n) is 4.47. The van der Waals surface area contributed by atoms with Gasteiger partial charge in [-0.05, 0) is 46.7 Å². The number of methoxy groups -OCH3 is 1.